The molecule has 1 atom stereocenters. The number of amides is 1. The van der Waals surface area contributed by atoms with Crippen LogP contribution in [-0.4, -0.2) is 49.3 Å². The number of nitriles is 1. The van der Waals surface area contributed by atoms with Gasteiger partial charge in [0.2, 0.25) is 0 Å². The maximum absolute atomic E-state index is 11.1. The first kappa shape index (κ1) is 15.4. The lowest BCUT2D eigenvalue weighted by molar-refractivity contribution is 0.177. The molecule has 0 saturated carbocycles. The van der Waals surface area contributed by atoms with Crippen LogP contribution < -0.4 is 5.32 Å². The van der Waals surface area contributed by atoms with E-state index in [1.165, 1.54) is 0 Å². The van der Waals surface area contributed by atoms with Gasteiger partial charge in [0.15, 0.2) is 0 Å². The molecule has 2 heterocycles. The average Bonchev–Trinajstić information content (AvgIpc) is 3.08. The van der Waals surface area contributed by atoms with E-state index in [1.807, 2.05) is 26.2 Å². The highest BCUT2D eigenvalue weighted by Gasteiger charge is 2.22. The molecule has 3 rings (SSSR count). The number of ether oxygens (including phenoxy) is 1. The lowest BCUT2D eigenvalue weighted by Crippen LogP contribution is -2.28. The Morgan fingerprint density at radius 2 is 2.26 bits per heavy atom. The number of likely N-dealkylation sites (N-methyl/N-ethyl adjacent to an activating group) is 1. The van der Waals surface area contributed by atoms with Crippen LogP contribution in [0.25, 0.3) is 10.9 Å². The molecule has 0 aliphatic carbocycles. The lowest BCUT2D eigenvalue weighted by Gasteiger charge is -2.10. The van der Waals surface area contributed by atoms with Crippen LogP contribution in [0.15, 0.2) is 18.2 Å². The minimum atomic E-state index is -0.351. The van der Waals surface area contributed by atoms with Crippen molar-refractivity contribution in [2.75, 3.05) is 27.2 Å². The van der Waals surface area contributed by atoms with Gasteiger partial charge in [-0.25, -0.2) is 4.79 Å². The van der Waals surface area contributed by atoms with E-state index >= 15 is 0 Å². The van der Waals surface area contributed by atoms with Crippen LogP contribution in [0.3, 0.4) is 0 Å². The number of nitrogens with zero attached hydrogens (tertiary/aromatic N) is 2. The summed E-state index contributed by atoms with van der Waals surface area (Å²) >= 11 is 0. The summed E-state index contributed by atoms with van der Waals surface area (Å²) in [5.41, 5.74) is 3.80. The fraction of sp³-hybridized carbons (Fsp3) is 0.412. The minimum absolute atomic E-state index is 0.0135. The van der Waals surface area contributed by atoms with E-state index < -0.39 is 0 Å². The molecular weight excluding hydrogens is 292 g/mol. The van der Waals surface area contributed by atoms with E-state index in [0.29, 0.717) is 12.3 Å². The van der Waals surface area contributed by atoms with Crippen LogP contribution in [0, 0.1) is 11.3 Å². The van der Waals surface area contributed by atoms with Crippen molar-refractivity contribution in [3.05, 3.63) is 35.0 Å². The van der Waals surface area contributed by atoms with Crippen LogP contribution >= 0.6 is 0 Å². The van der Waals surface area contributed by atoms with Crippen molar-refractivity contribution < 1.29 is 9.53 Å². The number of hydrogen-bond donors (Lipinski definition) is 2. The van der Waals surface area contributed by atoms with Crippen LogP contribution in [0.4, 0.5) is 4.79 Å². The van der Waals surface area contributed by atoms with Crippen molar-refractivity contribution in [2.24, 2.45) is 0 Å². The highest BCUT2D eigenvalue weighted by Crippen LogP contribution is 2.25. The molecule has 0 radical (unpaired) electrons. The molecule has 120 valence electrons. The molecule has 6 heteroatoms. The zero-order valence-corrected chi connectivity index (χ0v) is 13.3. The van der Waals surface area contributed by atoms with Gasteiger partial charge in [0, 0.05) is 17.4 Å². The standard InChI is InChI=1S/C17H20N4O2/c1-21(2)6-5-13-14-8-11(7-12-10-23-17(22)19-12)3-4-15(14)20-16(13)9-18/h3-4,8,12,20H,5-7,10H2,1-2H3,(H,19,22). The third-order valence-corrected chi connectivity index (χ3v) is 4.11. The van der Waals surface area contributed by atoms with Gasteiger partial charge in [-0.2, -0.15) is 5.26 Å². The number of alkyl carbamates (subject to hydrolysis) is 1. The highest BCUT2D eigenvalue weighted by molar-refractivity contribution is 5.86. The molecule has 23 heavy (non-hydrogen) atoms. The van der Waals surface area contributed by atoms with E-state index in [0.717, 1.165) is 41.4 Å². The second-order valence-electron chi connectivity index (χ2n) is 6.17. The number of hydrogen-bond acceptors (Lipinski definition) is 4. The Morgan fingerprint density at radius 3 is 2.91 bits per heavy atom. The second-order valence-corrected chi connectivity index (χ2v) is 6.17. The Bertz CT molecular complexity index is 773. The Morgan fingerprint density at radius 1 is 1.43 bits per heavy atom. The predicted octanol–water partition coefficient (Wildman–Crippen LogP) is 1.79. The van der Waals surface area contributed by atoms with Crippen molar-refractivity contribution in [2.45, 2.75) is 18.9 Å². The van der Waals surface area contributed by atoms with Crippen molar-refractivity contribution in [3.8, 4) is 6.07 Å². The lowest BCUT2D eigenvalue weighted by atomic mass is 10.0. The van der Waals surface area contributed by atoms with Crippen molar-refractivity contribution >= 4 is 17.0 Å². The summed E-state index contributed by atoms with van der Waals surface area (Å²) in [6.07, 6.45) is 1.20. The highest BCUT2D eigenvalue weighted by atomic mass is 16.6. The molecule has 1 unspecified atom stereocenters. The van der Waals surface area contributed by atoms with Gasteiger partial charge >= 0.3 is 6.09 Å². The molecule has 6 nitrogen and oxygen atoms in total. The molecule has 1 aromatic heterocycles. The molecule has 1 aliphatic rings. The fourth-order valence-electron chi connectivity index (χ4n) is 2.93. The van der Waals surface area contributed by atoms with E-state index in [9.17, 15) is 10.1 Å². The van der Waals surface area contributed by atoms with Crippen LogP contribution in [0.2, 0.25) is 0 Å². The maximum atomic E-state index is 11.1. The molecule has 1 aromatic carbocycles. The van der Waals surface area contributed by atoms with Gasteiger partial charge in [-0.1, -0.05) is 6.07 Å². The molecule has 2 aromatic rings. The van der Waals surface area contributed by atoms with E-state index in [1.54, 1.807) is 0 Å². The smallest absolute Gasteiger partial charge is 0.407 e. The molecule has 2 N–H and O–H groups in total. The Kier molecular flexibility index (Phi) is 4.22. The first-order chi connectivity index (χ1) is 11.1. The second kappa shape index (κ2) is 6.31. The third kappa shape index (κ3) is 3.30. The number of benzene rings is 1. The van der Waals surface area contributed by atoms with Crippen LogP contribution in [0.5, 0.6) is 0 Å². The number of nitrogens with one attached hydrogen (secondary N) is 2. The quantitative estimate of drug-likeness (QED) is 0.882. The fourth-order valence-corrected chi connectivity index (χ4v) is 2.93. The van der Waals surface area contributed by atoms with E-state index in [-0.39, 0.29) is 12.1 Å². The van der Waals surface area contributed by atoms with Gasteiger partial charge in [0.25, 0.3) is 0 Å². The number of rotatable bonds is 5. The van der Waals surface area contributed by atoms with Gasteiger partial charge in [0.1, 0.15) is 18.4 Å². The van der Waals surface area contributed by atoms with Crippen molar-refractivity contribution in [1.29, 1.82) is 5.26 Å². The van der Waals surface area contributed by atoms with Gasteiger partial charge in [-0.3, -0.25) is 0 Å². The average molecular weight is 312 g/mol. The van der Waals surface area contributed by atoms with Crippen molar-refractivity contribution in [3.63, 3.8) is 0 Å². The van der Waals surface area contributed by atoms with Crippen LogP contribution in [0.1, 0.15) is 16.8 Å². The van der Waals surface area contributed by atoms with Gasteiger partial charge < -0.3 is 19.9 Å². The number of cyclic esters (lactones) is 1. The van der Waals surface area contributed by atoms with Gasteiger partial charge in [-0.15, -0.1) is 0 Å². The molecule has 0 bridgehead atoms. The normalized spacial score (nSPS) is 17.3. The number of carbonyl (C=O) groups is 1. The van der Waals surface area contributed by atoms with Gasteiger partial charge in [0.05, 0.1) is 6.04 Å². The zero-order valence-electron chi connectivity index (χ0n) is 13.3. The maximum Gasteiger partial charge on any atom is 0.407 e. The molecule has 1 fully saturated rings. The number of aromatic amines is 1. The zero-order chi connectivity index (χ0) is 16.4. The van der Waals surface area contributed by atoms with E-state index in [2.05, 4.69) is 27.3 Å². The molecule has 1 amide bonds. The number of H-pyrrole nitrogens is 1. The summed E-state index contributed by atoms with van der Waals surface area (Å²) in [5, 5.41) is 13.2. The number of aromatic nitrogens is 1. The Labute approximate surface area is 135 Å². The monoisotopic (exact) mass is 312 g/mol. The SMILES string of the molecule is CN(C)CCc1c(C#N)[nH]c2ccc(CC3COC(=O)N3)cc12. The summed E-state index contributed by atoms with van der Waals surface area (Å²) in [7, 11) is 4.05. The molecule has 1 aliphatic heterocycles. The van der Waals surface area contributed by atoms with E-state index in [4.69, 9.17) is 4.74 Å². The minimum Gasteiger partial charge on any atom is -0.447 e. The summed E-state index contributed by atoms with van der Waals surface area (Å²) in [4.78, 5) is 16.4. The summed E-state index contributed by atoms with van der Waals surface area (Å²) < 4.78 is 4.93. The number of fused-ring (bicyclic) bond motifs is 1. The topological polar surface area (TPSA) is 81.2 Å². The molecule has 0 spiro atoms. The Hall–Kier alpha value is -2.52. The molecule has 1 saturated heterocycles. The summed E-state index contributed by atoms with van der Waals surface area (Å²) in [6, 6.07) is 8.41. The molecular formula is C17H20N4O2. The summed E-state index contributed by atoms with van der Waals surface area (Å²) in [6.45, 7) is 1.29. The van der Waals surface area contributed by atoms with Crippen LogP contribution in [-0.2, 0) is 17.6 Å². The summed E-state index contributed by atoms with van der Waals surface area (Å²) in [5.74, 6) is 0. The first-order valence-corrected chi connectivity index (χ1v) is 7.68. The van der Waals surface area contributed by atoms with Crippen molar-refractivity contribution in [1.82, 2.24) is 15.2 Å². The Balaban J connectivity index is 1.89. The first-order valence-electron chi connectivity index (χ1n) is 7.68. The largest absolute Gasteiger partial charge is 0.447 e. The van der Waals surface area contributed by atoms with Gasteiger partial charge in [-0.05, 0) is 50.2 Å². The predicted molar refractivity (Wildman–Crippen MR) is 87.2 cm³/mol. The number of carbonyl (C=O) groups excluding carboxylic acids is 1. The third-order valence-electron chi connectivity index (χ3n) is 4.11.